The van der Waals surface area contributed by atoms with Crippen molar-refractivity contribution in [3.8, 4) is 11.5 Å². The van der Waals surface area contributed by atoms with Crippen molar-refractivity contribution < 1.29 is 34.1 Å². The highest BCUT2D eigenvalue weighted by Crippen LogP contribution is 2.44. The van der Waals surface area contributed by atoms with Crippen LogP contribution in [0.2, 0.25) is 0 Å². The fraction of sp³-hybridized carbons (Fsp3) is 0.258. The number of methoxy groups -OCH3 is 2. The average Bonchev–Trinajstić information content (AvgIpc) is 3.16. The molecule has 0 radical (unpaired) electrons. The summed E-state index contributed by atoms with van der Waals surface area (Å²) >= 11 is 0. The molecule has 0 aromatic heterocycles. The van der Waals surface area contributed by atoms with Crippen LogP contribution in [0.25, 0.3) is 5.76 Å². The van der Waals surface area contributed by atoms with Crippen molar-refractivity contribution in [1.82, 2.24) is 4.90 Å². The van der Waals surface area contributed by atoms with E-state index in [2.05, 4.69) is 0 Å². The van der Waals surface area contributed by atoms with Gasteiger partial charge in [-0.25, -0.2) is 4.79 Å². The monoisotopic (exact) mass is 529 g/mol. The Hall–Kier alpha value is -4.59. The Morgan fingerprint density at radius 2 is 1.49 bits per heavy atom. The number of likely N-dealkylation sites (tertiary alicyclic amines) is 1. The van der Waals surface area contributed by atoms with E-state index >= 15 is 0 Å². The van der Waals surface area contributed by atoms with Crippen molar-refractivity contribution in [1.29, 1.82) is 0 Å². The zero-order chi connectivity index (χ0) is 28.5. The first-order valence-corrected chi connectivity index (χ1v) is 12.4. The Balaban J connectivity index is 1.90. The maximum absolute atomic E-state index is 13.5. The highest BCUT2D eigenvalue weighted by molar-refractivity contribution is 6.46. The van der Waals surface area contributed by atoms with Gasteiger partial charge >= 0.3 is 5.97 Å². The molecular formula is C31H31NO7. The number of ketones is 1. The number of carbonyl (C=O) groups excluding carboxylic acids is 2. The van der Waals surface area contributed by atoms with E-state index in [4.69, 9.17) is 9.47 Å². The Kier molecular flexibility index (Phi) is 7.49. The van der Waals surface area contributed by atoms with Gasteiger partial charge in [0.15, 0.2) is 0 Å². The van der Waals surface area contributed by atoms with Crippen molar-refractivity contribution >= 4 is 23.4 Å². The molecule has 2 N–H and O–H groups in total. The lowest BCUT2D eigenvalue weighted by atomic mass is 9.84. The number of carbonyl (C=O) groups is 3. The Labute approximate surface area is 227 Å². The third-order valence-corrected chi connectivity index (χ3v) is 6.81. The van der Waals surface area contributed by atoms with Gasteiger partial charge in [-0.1, -0.05) is 51.1 Å². The largest absolute Gasteiger partial charge is 0.507 e. The van der Waals surface area contributed by atoms with Crippen LogP contribution in [0.1, 0.15) is 59.4 Å². The number of aromatic carboxylic acids is 1. The first-order chi connectivity index (χ1) is 18.5. The van der Waals surface area contributed by atoms with Gasteiger partial charge in [-0.2, -0.15) is 0 Å². The van der Waals surface area contributed by atoms with Gasteiger partial charge in [0.25, 0.3) is 11.7 Å². The minimum atomic E-state index is -1.06. The van der Waals surface area contributed by atoms with Crippen LogP contribution in [-0.4, -0.2) is 47.0 Å². The number of aliphatic hydroxyl groups excluding tert-OH is 1. The molecule has 0 saturated carbocycles. The van der Waals surface area contributed by atoms with E-state index in [1.807, 2.05) is 20.8 Å². The summed E-state index contributed by atoms with van der Waals surface area (Å²) in [6, 6.07) is 17.3. The number of nitrogens with zero attached hydrogens (tertiary/aromatic N) is 1. The number of amides is 1. The summed E-state index contributed by atoms with van der Waals surface area (Å²) < 4.78 is 11.1. The van der Waals surface area contributed by atoms with E-state index < -0.39 is 23.7 Å². The van der Waals surface area contributed by atoms with Gasteiger partial charge in [-0.3, -0.25) is 9.59 Å². The minimum absolute atomic E-state index is 0.0137. The topological polar surface area (TPSA) is 113 Å². The first-order valence-electron chi connectivity index (χ1n) is 12.4. The van der Waals surface area contributed by atoms with E-state index in [1.54, 1.807) is 61.7 Å². The molecule has 8 nitrogen and oxygen atoms in total. The van der Waals surface area contributed by atoms with Crippen LogP contribution in [0.3, 0.4) is 0 Å². The molecule has 1 aliphatic rings. The Morgan fingerprint density at radius 1 is 0.872 bits per heavy atom. The number of para-hydroxylation sites is 1. The number of rotatable bonds is 7. The molecule has 4 rings (SSSR count). The lowest BCUT2D eigenvalue weighted by Crippen LogP contribution is -2.29. The summed E-state index contributed by atoms with van der Waals surface area (Å²) in [5, 5.41) is 20.8. The van der Waals surface area contributed by atoms with Gasteiger partial charge in [0.2, 0.25) is 0 Å². The second kappa shape index (κ2) is 10.6. The summed E-state index contributed by atoms with van der Waals surface area (Å²) in [6.07, 6.45) is 0. The maximum atomic E-state index is 13.5. The van der Waals surface area contributed by atoms with Gasteiger partial charge in [-0.15, -0.1) is 0 Å². The number of carboxylic acids is 1. The van der Waals surface area contributed by atoms with Gasteiger partial charge in [0.05, 0.1) is 31.4 Å². The molecule has 202 valence electrons. The molecule has 39 heavy (non-hydrogen) atoms. The van der Waals surface area contributed by atoms with Crippen molar-refractivity contribution in [2.24, 2.45) is 0 Å². The number of benzene rings is 3. The highest BCUT2D eigenvalue weighted by atomic mass is 16.5. The van der Waals surface area contributed by atoms with E-state index in [0.29, 0.717) is 28.2 Å². The molecule has 1 fully saturated rings. The third-order valence-electron chi connectivity index (χ3n) is 6.81. The molecule has 1 aliphatic heterocycles. The number of ether oxygens (including phenoxy) is 2. The molecule has 1 amide bonds. The summed E-state index contributed by atoms with van der Waals surface area (Å²) in [5.41, 5.74) is 2.10. The number of Topliss-reactive ketones (excluding diaryl/α,β-unsaturated/α-hetero) is 1. The zero-order valence-corrected chi connectivity index (χ0v) is 22.5. The SMILES string of the molecule is COc1ccccc1C1/C(=C(\O)c2ccc(OC)c(C(C)(C)C)c2)C(=O)C(=O)N1Cc1ccc(C(=O)O)cc1. The quantitative estimate of drug-likeness (QED) is 0.242. The summed E-state index contributed by atoms with van der Waals surface area (Å²) in [6.45, 7) is 6.05. The standard InChI is InChI=1S/C31H31NO7/c1-31(2,3)22-16-20(14-15-24(22)39-5)27(33)25-26(21-8-6-7-9-23(21)38-4)32(29(35)28(25)34)17-18-10-12-19(13-11-18)30(36)37/h6-16,26,33H,17H2,1-5H3,(H,36,37)/b27-25+. The first kappa shape index (κ1) is 27.4. The molecular weight excluding hydrogens is 498 g/mol. The van der Waals surface area contributed by atoms with Crippen LogP contribution < -0.4 is 9.47 Å². The molecule has 1 saturated heterocycles. The van der Waals surface area contributed by atoms with Gasteiger partial charge in [-0.05, 0) is 47.4 Å². The Bertz CT molecular complexity index is 1460. The molecule has 1 atom stereocenters. The van der Waals surface area contributed by atoms with Crippen LogP contribution in [0.4, 0.5) is 0 Å². The number of carboxylic acid groups (broad SMARTS) is 1. The lowest BCUT2D eigenvalue weighted by molar-refractivity contribution is -0.140. The van der Waals surface area contributed by atoms with Crippen molar-refractivity contribution in [2.45, 2.75) is 38.8 Å². The predicted octanol–water partition coefficient (Wildman–Crippen LogP) is 5.32. The van der Waals surface area contributed by atoms with Crippen molar-refractivity contribution in [2.75, 3.05) is 14.2 Å². The van der Waals surface area contributed by atoms with Gasteiger partial charge in [0, 0.05) is 23.2 Å². The number of hydrogen-bond acceptors (Lipinski definition) is 6. The van der Waals surface area contributed by atoms with Crippen molar-refractivity contribution in [3.05, 3.63) is 100 Å². The average molecular weight is 530 g/mol. The lowest BCUT2D eigenvalue weighted by Gasteiger charge is -2.27. The second-order valence-corrected chi connectivity index (χ2v) is 10.3. The van der Waals surface area contributed by atoms with Crippen LogP contribution in [0, 0.1) is 0 Å². The fourth-order valence-electron chi connectivity index (χ4n) is 4.81. The van der Waals surface area contributed by atoms with Crippen LogP contribution >= 0.6 is 0 Å². The minimum Gasteiger partial charge on any atom is -0.507 e. The van der Waals surface area contributed by atoms with Crippen LogP contribution in [0.5, 0.6) is 11.5 Å². The molecule has 3 aromatic carbocycles. The molecule has 0 aliphatic carbocycles. The zero-order valence-electron chi connectivity index (χ0n) is 22.5. The fourth-order valence-corrected chi connectivity index (χ4v) is 4.81. The molecule has 0 bridgehead atoms. The summed E-state index contributed by atoms with van der Waals surface area (Å²) in [4.78, 5) is 39.6. The molecule has 8 heteroatoms. The van der Waals surface area contributed by atoms with Crippen molar-refractivity contribution in [3.63, 3.8) is 0 Å². The van der Waals surface area contributed by atoms with E-state index in [1.165, 1.54) is 24.1 Å². The van der Waals surface area contributed by atoms with Gasteiger partial charge in [0.1, 0.15) is 17.3 Å². The molecule has 1 heterocycles. The van der Waals surface area contributed by atoms with Crippen LogP contribution in [0.15, 0.2) is 72.3 Å². The third kappa shape index (κ3) is 5.23. The number of hydrogen-bond donors (Lipinski definition) is 2. The number of aliphatic hydroxyl groups is 1. The second-order valence-electron chi connectivity index (χ2n) is 10.3. The molecule has 1 unspecified atom stereocenters. The summed E-state index contributed by atoms with van der Waals surface area (Å²) in [5.74, 6) is -1.87. The van der Waals surface area contributed by atoms with Crippen LogP contribution in [-0.2, 0) is 21.5 Å². The smallest absolute Gasteiger partial charge is 0.335 e. The maximum Gasteiger partial charge on any atom is 0.335 e. The van der Waals surface area contributed by atoms with Gasteiger partial charge < -0.3 is 24.6 Å². The Morgan fingerprint density at radius 3 is 2.08 bits per heavy atom. The molecule has 3 aromatic rings. The highest BCUT2D eigenvalue weighted by Gasteiger charge is 2.47. The summed E-state index contributed by atoms with van der Waals surface area (Å²) in [7, 11) is 3.06. The normalized spacial score (nSPS) is 16.8. The molecule has 0 spiro atoms. The van der Waals surface area contributed by atoms with E-state index in [-0.39, 0.29) is 28.9 Å². The predicted molar refractivity (Wildman–Crippen MR) is 146 cm³/mol. The van der Waals surface area contributed by atoms with E-state index in [0.717, 1.165) is 5.56 Å². The van der Waals surface area contributed by atoms with E-state index in [9.17, 15) is 24.6 Å².